The second-order valence-corrected chi connectivity index (χ2v) is 4.89. The minimum absolute atomic E-state index is 0.0463. The maximum Gasteiger partial charge on any atom is 0.241 e. The number of benzene rings is 1. The maximum absolute atomic E-state index is 13.6. The van der Waals surface area contributed by atoms with Crippen LogP contribution < -0.4 is 16.0 Å². The highest BCUT2D eigenvalue weighted by Gasteiger charge is 2.12. The number of ether oxygens (including phenoxy) is 1. The molecule has 0 atom stereocenters. The average Bonchev–Trinajstić information content (AvgIpc) is 2.96. The topological polar surface area (TPSA) is 96.8 Å². The van der Waals surface area contributed by atoms with E-state index < -0.39 is 5.82 Å². The Balaban J connectivity index is 2.03. The van der Waals surface area contributed by atoms with Gasteiger partial charge in [0, 0.05) is 6.07 Å². The number of nitrogen functional groups attached to an aromatic ring is 1. The molecule has 0 bridgehead atoms. The van der Waals surface area contributed by atoms with Crippen LogP contribution in [-0.2, 0) is 0 Å². The predicted molar refractivity (Wildman–Crippen MR) is 76.4 cm³/mol. The van der Waals surface area contributed by atoms with Crippen LogP contribution in [0.15, 0.2) is 29.6 Å². The number of anilines is 1. The molecule has 0 radical (unpaired) electrons. The fourth-order valence-electron chi connectivity index (χ4n) is 1.73. The molecule has 0 aliphatic carbocycles. The summed E-state index contributed by atoms with van der Waals surface area (Å²) in [7, 11) is 0. The summed E-state index contributed by atoms with van der Waals surface area (Å²) in [6, 6.07) is 7.53. The highest BCUT2D eigenvalue weighted by molar-refractivity contribution is 7.16. The number of rotatable bonds is 3. The van der Waals surface area contributed by atoms with Gasteiger partial charge in [-0.2, -0.15) is 10.2 Å². The van der Waals surface area contributed by atoms with Gasteiger partial charge >= 0.3 is 0 Å². The highest BCUT2D eigenvalue weighted by Crippen LogP contribution is 2.31. The van der Waals surface area contributed by atoms with Gasteiger partial charge in [-0.05, 0) is 23.6 Å². The van der Waals surface area contributed by atoms with E-state index in [1.807, 2.05) is 5.38 Å². The van der Waals surface area contributed by atoms with Gasteiger partial charge in [-0.1, -0.05) is 0 Å². The molecule has 1 aromatic carbocycles. The van der Waals surface area contributed by atoms with E-state index in [0.717, 1.165) is 6.07 Å². The van der Waals surface area contributed by atoms with E-state index in [1.54, 1.807) is 12.1 Å². The summed E-state index contributed by atoms with van der Waals surface area (Å²) in [6.07, 6.45) is 0. The van der Waals surface area contributed by atoms with E-state index in [4.69, 9.17) is 15.8 Å². The number of halogens is 1. The third kappa shape index (κ3) is 2.47. The summed E-state index contributed by atoms with van der Waals surface area (Å²) in [6.45, 7) is 0. The zero-order valence-electron chi connectivity index (χ0n) is 10.5. The number of nitriles is 1. The average molecular weight is 301 g/mol. The zero-order chi connectivity index (χ0) is 14.8. The Bertz CT molecular complexity index is 857. The Hall–Kier alpha value is -2.76. The minimum Gasteiger partial charge on any atom is -0.438 e. The number of nitrogens with one attached hydrogen (secondary N) is 1. The molecule has 0 aliphatic heterocycles. The number of fused-ring (bicyclic) bond motifs is 1. The summed E-state index contributed by atoms with van der Waals surface area (Å²) >= 11 is 1.41. The standard InChI is InChI=1S/C13H8FN5OS/c14-10-5-8(2-1-7(10)6-15)20-11-9-3-4-21-12(9)18-13(17-11)19-16/h1-5H,16H2,(H,17,18,19). The summed E-state index contributed by atoms with van der Waals surface area (Å²) in [5.74, 6) is 5.36. The van der Waals surface area contributed by atoms with Gasteiger partial charge in [0.1, 0.15) is 22.5 Å². The number of hydrogen-bond donors (Lipinski definition) is 2. The van der Waals surface area contributed by atoms with Crippen molar-refractivity contribution in [2.45, 2.75) is 0 Å². The SMILES string of the molecule is N#Cc1ccc(Oc2nc(NN)nc3sccc23)cc1F. The molecule has 3 rings (SSSR count). The van der Waals surface area contributed by atoms with Crippen LogP contribution in [0.25, 0.3) is 10.2 Å². The van der Waals surface area contributed by atoms with Crippen molar-refractivity contribution in [2.75, 3.05) is 5.43 Å². The lowest BCUT2D eigenvalue weighted by Crippen LogP contribution is -2.10. The first-order valence-electron chi connectivity index (χ1n) is 5.80. The van der Waals surface area contributed by atoms with Crippen LogP contribution in [-0.4, -0.2) is 9.97 Å². The number of hydrazine groups is 1. The van der Waals surface area contributed by atoms with Crippen LogP contribution in [0.2, 0.25) is 0 Å². The molecule has 0 fully saturated rings. The van der Waals surface area contributed by atoms with E-state index in [-0.39, 0.29) is 23.1 Å². The molecule has 104 valence electrons. The molecular weight excluding hydrogens is 293 g/mol. The van der Waals surface area contributed by atoms with Gasteiger partial charge in [0.25, 0.3) is 0 Å². The first-order chi connectivity index (χ1) is 10.2. The van der Waals surface area contributed by atoms with Crippen molar-refractivity contribution >= 4 is 27.5 Å². The second kappa shape index (κ2) is 5.32. The van der Waals surface area contributed by atoms with Crippen molar-refractivity contribution < 1.29 is 9.13 Å². The molecule has 6 nitrogen and oxygen atoms in total. The number of thiophene rings is 1. The van der Waals surface area contributed by atoms with Gasteiger partial charge in [-0.25, -0.2) is 15.2 Å². The largest absolute Gasteiger partial charge is 0.438 e. The van der Waals surface area contributed by atoms with Gasteiger partial charge < -0.3 is 4.74 Å². The molecule has 2 aromatic heterocycles. The quantitative estimate of drug-likeness (QED) is 0.570. The molecule has 0 spiro atoms. The Morgan fingerprint density at radius 1 is 1.33 bits per heavy atom. The fourth-order valence-corrected chi connectivity index (χ4v) is 2.49. The maximum atomic E-state index is 13.6. The number of nitrogens with zero attached hydrogens (tertiary/aromatic N) is 3. The lowest BCUT2D eigenvalue weighted by molar-refractivity contribution is 0.464. The zero-order valence-corrected chi connectivity index (χ0v) is 11.3. The molecule has 0 saturated carbocycles. The smallest absolute Gasteiger partial charge is 0.241 e. The summed E-state index contributed by atoms with van der Waals surface area (Å²) in [4.78, 5) is 8.98. The molecule has 0 unspecified atom stereocenters. The Morgan fingerprint density at radius 2 is 2.19 bits per heavy atom. The highest BCUT2D eigenvalue weighted by atomic mass is 32.1. The molecule has 0 saturated heterocycles. The van der Waals surface area contributed by atoms with E-state index in [1.165, 1.54) is 23.5 Å². The Kier molecular flexibility index (Phi) is 3.35. The predicted octanol–water partition coefficient (Wildman–Crippen LogP) is 2.78. The van der Waals surface area contributed by atoms with Gasteiger partial charge in [0.15, 0.2) is 0 Å². The summed E-state index contributed by atoms with van der Waals surface area (Å²) in [5.41, 5.74) is 2.31. The number of hydrogen-bond acceptors (Lipinski definition) is 7. The first-order valence-corrected chi connectivity index (χ1v) is 6.68. The Labute approximate surface area is 122 Å². The van der Waals surface area contributed by atoms with E-state index in [0.29, 0.717) is 10.2 Å². The van der Waals surface area contributed by atoms with Crippen molar-refractivity contribution in [3.8, 4) is 17.7 Å². The molecule has 2 heterocycles. The summed E-state index contributed by atoms with van der Waals surface area (Å²) < 4.78 is 19.2. The van der Waals surface area contributed by atoms with Crippen LogP contribution in [0.4, 0.5) is 10.3 Å². The van der Waals surface area contributed by atoms with Crippen molar-refractivity contribution in [2.24, 2.45) is 5.84 Å². The van der Waals surface area contributed by atoms with Gasteiger partial charge in [-0.3, -0.25) is 5.43 Å². The molecule has 3 N–H and O–H groups in total. The first kappa shape index (κ1) is 13.2. The third-order valence-corrected chi connectivity index (χ3v) is 3.50. The lowest BCUT2D eigenvalue weighted by atomic mass is 10.2. The molecule has 0 amide bonds. The molecule has 8 heteroatoms. The van der Waals surface area contributed by atoms with E-state index in [2.05, 4.69) is 15.4 Å². The van der Waals surface area contributed by atoms with Crippen molar-refractivity contribution in [3.63, 3.8) is 0 Å². The van der Waals surface area contributed by atoms with Crippen molar-refractivity contribution in [1.29, 1.82) is 5.26 Å². The number of aromatic nitrogens is 2. The van der Waals surface area contributed by atoms with Crippen LogP contribution in [0.3, 0.4) is 0 Å². The van der Waals surface area contributed by atoms with Crippen molar-refractivity contribution in [3.05, 3.63) is 41.0 Å². The van der Waals surface area contributed by atoms with Gasteiger partial charge in [0.2, 0.25) is 11.8 Å². The fraction of sp³-hybridized carbons (Fsp3) is 0. The molecule has 0 aliphatic rings. The Morgan fingerprint density at radius 3 is 2.90 bits per heavy atom. The van der Waals surface area contributed by atoms with E-state index in [9.17, 15) is 4.39 Å². The van der Waals surface area contributed by atoms with Crippen LogP contribution >= 0.6 is 11.3 Å². The lowest BCUT2D eigenvalue weighted by Gasteiger charge is -2.08. The second-order valence-electron chi connectivity index (χ2n) is 3.99. The molecular formula is C13H8FN5OS. The van der Waals surface area contributed by atoms with Gasteiger partial charge in [-0.15, -0.1) is 11.3 Å². The van der Waals surface area contributed by atoms with Gasteiger partial charge in [0.05, 0.1) is 10.9 Å². The molecule has 21 heavy (non-hydrogen) atoms. The van der Waals surface area contributed by atoms with Crippen LogP contribution in [0.5, 0.6) is 11.6 Å². The third-order valence-electron chi connectivity index (χ3n) is 2.69. The van der Waals surface area contributed by atoms with Crippen molar-refractivity contribution in [1.82, 2.24) is 9.97 Å². The minimum atomic E-state index is -0.650. The summed E-state index contributed by atoms with van der Waals surface area (Å²) in [5, 5.41) is 11.2. The monoisotopic (exact) mass is 301 g/mol. The molecule has 3 aromatic rings. The number of nitrogens with two attached hydrogens (primary N) is 1. The van der Waals surface area contributed by atoms with Crippen LogP contribution in [0.1, 0.15) is 5.56 Å². The van der Waals surface area contributed by atoms with E-state index >= 15 is 0 Å². The van der Waals surface area contributed by atoms with Crippen LogP contribution in [0, 0.1) is 17.1 Å². The normalized spacial score (nSPS) is 10.3.